The molecule has 0 bridgehead atoms. The monoisotopic (exact) mass is 306 g/mol. The molecule has 0 amide bonds. The normalized spacial score (nSPS) is 15.0. The first-order chi connectivity index (χ1) is 8.80. The van der Waals surface area contributed by atoms with Gasteiger partial charge in [-0.1, -0.05) is 32.9 Å². The summed E-state index contributed by atoms with van der Waals surface area (Å²) in [5.41, 5.74) is 1.22. The molecule has 1 aromatic rings. The largest absolute Gasteiger partial charge is 0.529 e. The maximum Gasteiger partial charge on any atom is 0.529 e. The molecule has 108 valence electrons. The van der Waals surface area contributed by atoms with E-state index in [0.29, 0.717) is 5.75 Å². The summed E-state index contributed by atoms with van der Waals surface area (Å²) in [6.07, 6.45) is 0. The fourth-order valence-corrected chi connectivity index (χ4v) is 2.52. The van der Waals surface area contributed by atoms with Crippen LogP contribution in [0.4, 0.5) is 0 Å². The number of halogens is 1. The van der Waals surface area contributed by atoms with Crippen LogP contribution in [0, 0.1) is 0 Å². The van der Waals surface area contributed by atoms with Crippen molar-refractivity contribution in [3.05, 3.63) is 29.8 Å². The molecule has 0 saturated heterocycles. The van der Waals surface area contributed by atoms with Crippen LogP contribution in [0.25, 0.3) is 0 Å². The predicted octanol–water partition coefficient (Wildman–Crippen LogP) is 4.37. The maximum absolute atomic E-state index is 12.1. The minimum absolute atomic E-state index is 0.0542. The zero-order chi connectivity index (χ0) is 14.5. The lowest BCUT2D eigenvalue weighted by Crippen LogP contribution is -2.10. The third-order valence-corrected chi connectivity index (χ3v) is 4.02. The highest BCUT2D eigenvalue weighted by Crippen LogP contribution is 2.48. The predicted molar refractivity (Wildman–Crippen MR) is 77.1 cm³/mol. The Kier molecular flexibility index (Phi) is 5.87. The van der Waals surface area contributed by atoms with E-state index in [9.17, 15) is 4.57 Å². The van der Waals surface area contributed by atoms with Crippen molar-refractivity contribution in [2.45, 2.75) is 26.2 Å². The Bertz CT molecular complexity index is 439. The Morgan fingerprint density at radius 2 is 1.79 bits per heavy atom. The van der Waals surface area contributed by atoms with Crippen LogP contribution in [0.15, 0.2) is 24.3 Å². The van der Waals surface area contributed by atoms with E-state index in [1.54, 1.807) is 12.1 Å². The summed E-state index contributed by atoms with van der Waals surface area (Å²) >= 11 is 5.48. The van der Waals surface area contributed by atoms with Crippen LogP contribution in [-0.2, 0) is 19.0 Å². The van der Waals surface area contributed by atoms with Gasteiger partial charge in [-0.2, -0.15) is 0 Å². The van der Waals surface area contributed by atoms with Gasteiger partial charge in [0.05, 0.1) is 6.61 Å². The summed E-state index contributed by atoms with van der Waals surface area (Å²) < 4.78 is 27.1. The molecular formula is C13H20ClO4P. The van der Waals surface area contributed by atoms with E-state index in [4.69, 9.17) is 25.2 Å². The Hall–Kier alpha value is -0.540. The fraction of sp³-hybridized carbons (Fsp3) is 0.538. The van der Waals surface area contributed by atoms with Crippen molar-refractivity contribution in [3.63, 3.8) is 0 Å². The summed E-state index contributed by atoms with van der Waals surface area (Å²) in [5.74, 6) is 0.660. The smallest absolute Gasteiger partial charge is 0.404 e. The van der Waals surface area contributed by atoms with Crippen LogP contribution < -0.4 is 4.52 Å². The highest BCUT2D eigenvalue weighted by Gasteiger charge is 2.26. The SMILES string of the molecule is COP(=O)(OCCCl)Oc1ccc(C(C)(C)C)cc1. The summed E-state index contributed by atoms with van der Waals surface area (Å²) in [6, 6.07) is 7.35. The molecule has 0 aliphatic heterocycles. The van der Waals surface area contributed by atoms with Crippen molar-refractivity contribution in [1.82, 2.24) is 0 Å². The van der Waals surface area contributed by atoms with Gasteiger partial charge in [-0.15, -0.1) is 11.6 Å². The molecule has 0 aromatic heterocycles. The Balaban J connectivity index is 2.79. The molecule has 0 heterocycles. The maximum atomic E-state index is 12.1. The zero-order valence-electron chi connectivity index (χ0n) is 11.7. The third-order valence-electron chi connectivity index (χ3n) is 2.49. The molecule has 1 atom stereocenters. The Morgan fingerprint density at radius 3 is 2.21 bits per heavy atom. The first-order valence-electron chi connectivity index (χ1n) is 5.97. The van der Waals surface area contributed by atoms with E-state index < -0.39 is 7.82 Å². The minimum Gasteiger partial charge on any atom is -0.404 e. The number of phosphoric ester groups is 1. The molecule has 0 aliphatic carbocycles. The molecule has 0 radical (unpaired) electrons. The number of alkyl halides is 1. The number of hydrogen-bond donors (Lipinski definition) is 0. The second-order valence-corrected chi connectivity index (χ2v) is 7.10. The van der Waals surface area contributed by atoms with Gasteiger partial charge in [0.15, 0.2) is 0 Å². The molecule has 0 saturated carbocycles. The van der Waals surface area contributed by atoms with Crippen molar-refractivity contribution in [2.24, 2.45) is 0 Å². The van der Waals surface area contributed by atoms with Gasteiger partial charge < -0.3 is 4.52 Å². The van der Waals surface area contributed by atoms with Crippen molar-refractivity contribution in [1.29, 1.82) is 0 Å². The lowest BCUT2D eigenvalue weighted by atomic mass is 9.87. The standard InChI is InChI=1S/C13H20ClO4P/c1-13(2,3)11-5-7-12(8-6-11)18-19(15,16-4)17-10-9-14/h5-8H,9-10H2,1-4H3. The molecule has 4 nitrogen and oxygen atoms in total. The average Bonchev–Trinajstić information content (AvgIpc) is 2.36. The second-order valence-electron chi connectivity index (χ2n) is 5.02. The topological polar surface area (TPSA) is 44.8 Å². The summed E-state index contributed by atoms with van der Waals surface area (Å²) in [7, 11) is -2.30. The van der Waals surface area contributed by atoms with Gasteiger partial charge >= 0.3 is 7.82 Å². The van der Waals surface area contributed by atoms with Crippen LogP contribution in [0.5, 0.6) is 5.75 Å². The van der Waals surface area contributed by atoms with Crippen molar-refractivity contribution < 1.29 is 18.1 Å². The lowest BCUT2D eigenvalue weighted by molar-refractivity contribution is 0.188. The molecule has 6 heteroatoms. The zero-order valence-corrected chi connectivity index (χ0v) is 13.3. The van der Waals surface area contributed by atoms with E-state index in [2.05, 4.69) is 20.8 Å². The van der Waals surface area contributed by atoms with E-state index in [0.717, 1.165) is 5.56 Å². The quantitative estimate of drug-likeness (QED) is 0.578. The van der Waals surface area contributed by atoms with E-state index in [-0.39, 0.29) is 17.9 Å². The van der Waals surface area contributed by atoms with Gasteiger partial charge in [0.2, 0.25) is 0 Å². The van der Waals surface area contributed by atoms with Crippen LogP contribution >= 0.6 is 19.4 Å². The average molecular weight is 307 g/mol. The van der Waals surface area contributed by atoms with Crippen molar-refractivity contribution in [3.8, 4) is 5.75 Å². The second kappa shape index (κ2) is 6.76. The third kappa shape index (κ3) is 5.15. The van der Waals surface area contributed by atoms with Crippen LogP contribution in [0.1, 0.15) is 26.3 Å². The number of rotatable bonds is 6. The summed E-state index contributed by atoms with van der Waals surface area (Å²) in [6.45, 7) is 6.46. The lowest BCUT2D eigenvalue weighted by Gasteiger charge is -2.20. The van der Waals surface area contributed by atoms with Crippen molar-refractivity contribution in [2.75, 3.05) is 19.6 Å². The molecule has 19 heavy (non-hydrogen) atoms. The molecule has 1 aromatic carbocycles. The van der Waals surface area contributed by atoms with Crippen LogP contribution in [-0.4, -0.2) is 19.6 Å². The first kappa shape index (κ1) is 16.5. The Labute approximate surface area is 119 Å². The van der Waals surface area contributed by atoms with Gasteiger partial charge in [0.25, 0.3) is 0 Å². The molecule has 1 rings (SSSR count). The highest BCUT2D eigenvalue weighted by molar-refractivity contribution is 7.48. The van der Waals surface area contributed by atoms with Gasteiger partial charge in [0, 0.05) is 13.0 Å². The first-order valence-corrected chi connectivity index (χ1v) is 7.97. The van der Waals surface area contributed by atoms with E-state index in [1.807, 2.05) is 12.1 Å². The van der Waals surface area contributed by atoms with Gasteiger partial charge in [-0.05, 0) is 23.1 Å². The van der Waals surface area contributed by atoms with Crippen LogP contribution in [0.2, 0.25) is 0 Å². The number of phosphoric acid groups is 1. The minimum atomic E-state index is -3.58. The number of benzene rings is 1. The molecule has 0 aliphatic rings. The van der Waals surface area contributed by atoms with Gasteiger partial charge in [-0.3, -0.25) is 9.05 Å². The fourth-order valence-electron chi connectivity index (χ4n) is 1.41. The molecule has 1 unspecified atom stereocenters. The molecule has 0 fully saturated rings. The van der Waals surface area contributed by atoms with E-state index in [1.165, 1.54) is 7.11 Å². The highest BCUT2D eigenvalue weighted by atomic mass is 35.5. The van der Waals surface area contributed by atoms with Gasteiger partial charge in [0.1, 0.15) is 5.75 Å². The van der Waals surface area contributed by atoms with E-state index >= 15 is 0 Å². The van der Waals surface area contributed by atoms with Gasteiger partial charge in [-0.25, -0.2) is 4.57 Å². The number of hydrogen-bond acceptors (Lipinski definition) is 4. The summed E-state index contributed by atoms with van der Waals surface area (Å²) in [4.78, 5) is 0. The summed E-state index contributed by atoms with van der Waals surface area (Å²) in [5, 5.41) is 0. The molecule has 0 spiro atoms. The molecular weight excluding hydrogens is 287 g/mol. The van der Waals surface area contributed by atoms with Crippen LogP contribution in [0.3, 0.4) is 0 Å². The van der Waals surface area contributed by atoms with Crippen molar-refractivity contribution >= 4 is 19.4 Å². The Morgan fingerprint density at radius 1 is 1.21 bits per heavy atom. The molecule has 0 N–H and O–H groups in total.